The number of nitrogens with zero attached hydrogens (tertiary/aromatic N) is 2. The highest BCUT2D eigenvalue weighted by Gasteiger charge is 2.21. The lowest BCUT2D eigenvalue weighted by molar-refractivity contribution is -0.138. The van der Waals surface area contributed by atoms with Gasteiger partial charge in [-0.1, -0.05) is 11.6 Å². The van der Waals surface area contributed by atoms with Gasteiger partial charge >= 0.3 is 5.97 Å². The molecule has 0 aliphatic rings. The van der Waals surface area contributed by atoms with Crippen LogP contribution in [0.25, 0.3) is 0 Å². The lowest BCUT2D eigenvalue weighted by Crippen LogP contribution is -2.20. The van der Waals surface area contributed by atoms with Crippen LogP contribution in [0.3, 0.4) is 0 Å². The molecule has 0 bridgehead atoms. The SMILES string of the molecule is CC(C)n1ncc(C(N)C(=O)O)c1Cl. The summed E-state index contributed by atoms with van der Waals surface area (Å²) >= 11 is 5.92. The molecule has 3 N–H and O–H groups in total. The number of halogens is 1. The van der Waals surface area contributed by atoms with Crippen LogP contribution in [0.15, 0.2) is 6.20 Å². The molecule has 0 radical (unpaired) electrons. The van der Waals surface area contributed by atoms with Gasteiger partial charge in [0.2, 0.25) is 0 Å². The molecule has 14 heavy (non-hydrogen) atoms. The Morgan fingerprint density at radius 2 is 2.29 bits per heavy atom. The van der Waals surface area contributed by atoms with Gasteiger partial charge in [-0.25, -0.2) is 0 Å². The summed E-state index contributed by atoms with van der Waals surface area (Å²) in [7, 11) is 0. The fourth-order valence-corrected chi connectivity index (χ4v) is 1.47. The van der Waals surface area contributed by atoms with Gasteiger partial charge in [-0.2, -0.15) is 5.10 Å². The summed E-state index contributed by atoms with van der Waals surface area (Å²) in [6.07, 6.45) is 1.39. The predicted octanol–water partition coefficient (Wildman–Crippen LogP) is 1.20. The zero-order chi connectivity index (χ0) is 10.9. The Morgan fingerprint density at radius 3 is 2.64 bits per heavy atom. The molecule has 0 amide bonds. The third kappa shape index (κ3) is 1.88. The van der Waals surface area contributed by atoms with E-state index >= 15 is 0 Å². The fourth-order valence-electron chi connectivity index (χ4n) is 1.06. The monoisotopic (exact) mass is 217 g/mol. The normalized spacial score (nSPS) is 13.2. The first kappa shape index (κ1) is 11.0. The molecule has 0 aliphatic carbocycles. The maximum Gasteiger partial charge on any atom is 0.325 e. The van der Waals surface area contributed by atoms with Crippen molar-refractivity contribution in [1.29, 1.82) is 0 Å². The van der Waals surface area contributed by atoms with Crippen molar-refractivity contribution >= 4 is 17.6 Å². The average molecular weight is 218 g/mol. The topological polar surface area (TPSA) is 81.1 Å². The van der Waals surface area contributed by atoms with Gasteiger partial charge in [-0.05, 0) is 13.8 Å². The van der Waals surface area contributed by atoms with Crippen LogP contribution in [0.2, 0.25) is 5.15 Å². The maximum atomic E-state index is 10.6. The van der Waals surface area contributed by atoms with Crippen molar-refractivity contribution < 1.29 is 9.90 Å². The van der Waals surface area contributed by atoms with Gasteiger partial charge in [0.05, 0.1) is 6.20 Å². The molecule has 0 saturated heterocycles. The molecule has 0 aliphatic heterocycles. The summed E-state index contributed by atoms with van der Waals surface area (Å²) in [6, 6.07) is -1.03. The molecule has 1 rings (SSSR count). The largest absolute Gasteiger partial charge is 0.480 e. The average Bonchev–Trinajstić information content (AvgIpc) is 2.45. The van der Waals surface area contributed by atoms with E-state index in [4.69, 9.17) is 22.4 Å². The molecule has 1 unspecified atom stereocenters. The van der Waals surface area contributed by atoms with Crippen LogP contribution in [0.4, 0.5) is 0 Å². The number of nitrogens with two attached hydrogens (primary N) is 1. The van der Waals surface area contributed by atoms with Gasteiger partial charge < -0.3 is 10.8 Å². The summed E-state index contributed by atoms with van der Waals surface area (Å²) < 4.78 is 1.53. The molecule has 1 aromatic heterocycles. The number of rotatable bonds is 3. The van der Waals surface area contributed by atoms with Crippen molar-refractivity contribution in [1.82, 2.24) is 9.78 Å². The molecule has 6 heteroatoms. The van der Waals surface area contributed by atoms with Crippen LogP contribution in [-0.4, -0.2) is 20.9 Å². The van der Waals surface area contributed by atoms with Gasteiger partial charge in [-0.3, -0.25) is 9.48 Å². The highest BCUT2D eigenvalue weighted by atomic mass is 35.5. The molecule has 1 aromatic rings. The van der Waals surface area contributed by atoms with E-state index in [0.29, 0.717) is 5.56 Å². The van der Waals surface area contributed by atoms with E-state index in [1.165, 1.54) is 10.9 Å². The highest BCUT2D eigenvalue weighted by Crippen LogP contribution is 2.23. The molecule has 1 heterocycles. The van der Waals surface area contributed by atoms with E-state index in [1.54, 1.807) is 0 Å². The Bertz CT molecular complexity index is 348. The number of carboxylic acids is 1. The smallest absolute Gasteiger partial charge is 0.325 e. The van der Waals surface area contributed by atoms with Gasteiger partial charge in [0.1, 0.15) is 11.2 Å². The van der Waals surface area contributed by atoms with E-state index in [1.807, 2.05) is 13.8 Å². The highest BCUT2D eigenvalue weighted by molar-refractivity contribution is 6.30. The molecule has 0 aromatic carbocycles. The third-order valence-corrected chi connectivity index (χ3v) is 2.24. The van der Waals surface area contributed by atoms with E-state index in [-0.39, 0.29) is 11.2 Å². The lowest BCUT2D eigenvalue weighted by atomic mass is 10.2. The van der Waals surface area contributed by atoms with Crippen molar-refractivity contribution in [2.45, 2.75) is 25.9 Å². The Morgan fingerprint density at radius 1 is 1.71 bits per heavy atom. The zero-order valence-electron chi connectivity index (χ0n) is 7.94. The van der Waals surface area contributed by atoms with Crippen molar-refractivity contribution in [3.05, 3.63) is 16.9 Å². The van der Waals surface area contributed by atoms with Gasteiger partial charge in [0.25, 0.3) is 0 Å². The fraction of sp³-hybridized carbons (Fsp3) is 0.500. The molecular weight excluding hydrogens is 206 g/mol. The third-order valence-electron chi connectivity index (χ3n) is 1.85. The van der Waals surface area contributed by atoms with Crippen LogP contribution in [0.1, 0.15) is 31.5 Å². The van der Waals surface area contributed by atoms with Crippen LogP contribution < -0.4 is 5.73 Å². The van der Waals surface area contributed by atoms with E-state index < -0.39 is 12.0 Å². The Hall–Kier alpha value is -1.07. The van der Waals surface area contributed by atoms with Crippen molar-refractivity contribution in [3.8, 4) is 0 Å². The van der Waals surface area contributed by atoms with Crippen LogP contribution in [0, 0.1) is 0 Å². The number of hydrogen-bond donors (Lipinski definition) is 2. The zero-order valence-corrected chi connectivity index (χ0v) is 8.69. The minimum atomic E-state index is -1.12. The molecular formula is C8H12ClN3O2. The molecule has 5 nitrogen and oxygen atoms in total. The standard InChI is InChI=1S/C8H12ClN3O2/c1-4(2)12-7(9)5(3-11-12)6(10)8(13)14/h3-4,6H,10H2,1-2H3,(H,13,14). The molecule has 1 atom stereocenters. The second-order valence-corrected chi connectivity index (χ2v) is 3.60. The van der Waals surface area contributed by atoms with Crippen LogP contribution in [0.5, 0.6) is 0 Å². The van der Waals surface area contributed by atoms with Crippen LogP contribution >= 0.6 is 11.6 Å². The number of hydrogen-bond acceptors (Lipinski definition) is 3. The van der Waals surface area contributed by atoms with Gasteiger partial charge in [0.15, 0.2) is 0 Å². The van der Waals surface area contributed by atoms with Crippen molar-refractivity contribution in [2.75, 3.05) is 0 Å². The van der Waals surface area contributed by atoms with Gasteiger partial charge in [0, 0.05) is 11.6 Å². The van der Waals surface area contributed by atoms with E-state index in [0.717, 1.165) is 0 Å². The molecule has 78 valence electrons. The minimum Gasteiger partial charge on any atom is -0.480 e. The summed E-state index contributed by atoms with van der Waals surface area (Å²) in [5.41, 5.74) is 5.76. The first-order valence-corrected chi connectivity index (χ1v) is 4.54. The quantitative estimate of drug-likeness (QED) is 0.797. The lowest BCUT2D eigenvalue weighted by Gasteiger charge is -2.08. The Labute approximate surface area is 86.5 Å². The summed E-state index contributed by atoms with van der Waals surface area (Å²) in [4.78, 5) is 10.6. The van der Waals surface area contributed by atoms with Crippen molar-refractivity contribution in [3.63, 3.8) is 0 Å². The second-order valence-electron chi connectivity index (χ2n) is 3.24. The maximum absolute atomic E-state index is 10.6. The number of carboxylic acid groups (broad SMARTS) is 1. The Kier molecular flexibility index (Phi) is 3.13. The van der Waals surface area contributed by atoms with E-state index in [9.17, 15) is 4.79 Å². The summed E-state index contributed by atoms with van der Waals surface area (Å²) in [6.45, 7) is 3.80. The minimum absolute atomic E-state index is 0.0808. The predicted molar refractivity (Wildman–Crippen MR) is 52.2 cm³/mol. The Balaban J connectivity index is 3.06. The van der Waals surface area contributed by atoms with Crippen molar-refractivity contribution in [2.24, 2.45) is 5.73 Å². The van der Waals surface area contributed by atoms with E-state index in [2.05, 4.69) is 5.10 Å². The molecule has 0 fully saturated rings. The molecule has 0 spiro atoms. The number of carbonyl (C=O) groups is 1. The van der Waals surface area contributed by atoms with Crippen LogP contribution in [-0.2, 0) is 4.79 Å². The first-order chi connectivity index (χ1) is 6.45. The first-order valence-electron chi connectivity index (χ1n) is 4.16. The summed E-state index contributed by atoms with van der Waals surface area (Å²) in [5, 5.41) is 12.9. The van der Waals surface area contributed by atoms with Gasteiger partial charge in [-0.15, -0.1) is 0 Å². The number of aliphatic carboxylic acids is 1. The molecule has 0 saturated carbocycles. The summed E-state index contributed by atoms with van der Waals surface area (Å²) in [5.74, 6) is -1.12. The second kappa shape index (κ2) is 3.98. The number of aromatic nitrogens is 2.